The molecular formula is C14H16O2S. The third kappa shape index (κ3) is 3.86. The Balaban J connectivity index is 2.79. The topological polar surface area (TPSA) is 34.1 Å². The second-order valence-electron chi connectivity index (χ2n) is 4.73. The highest BCUT2D eigenvalue weighted by atomic mass is 32.2. The zero-order chi connectivity index (χ0) is 13.1. The summed E-state index contributed by atoms with van der Waals surface area (Å²) in [5.74, 6) is -0.108. The van der Waals surface area contributed by atoms with E-state index in [-0.39, 0.29) is 16.3 Å². The molecule has 0 spiro atoms. The molecule has 0 saturated heterocycles. The molecule has 0 aliphatic carbocycles. The molecule has 2 nitrogen and oxygen atoms in total. The van der Waals surface area contributed by atoms with Crippen LogP contribution in [0.15, 0.2) is 41.8 Å². The smallest absolute Gasteiger partial charge is 0.198 e. The van der Waals surface area contributed by atoms with Crippen LogP contribution in [0.3, 0.4) is 0 Å². The predicted molar refractivity (Wildman–Crippen MR) is 71.3 cm³/mol. The molecule has 90 valence electrons. The molecule has 1 rings (SSSR count). The molecule has 17 heavy (non-hydrogen) atoms. The van der Waals surface area contributed by atoms with Crippen LogP contribution in [-0.2, 0) is 4.79 Å². The van der Waals surface area contributed by atoms with Crippen molar-refractivity contribution >= 4 is 22.7 Å². The van der Waals surface area contributed by atoms with Crippen molar-refractivity contribution < 1.29 is 9.59 Å². The van der Waals surface area contributed by atoms with E-state index in [2.05, 4.69) is 6.58 Å². The molecule has 0 heterocycles. The Kier molecular flexibility index (Phi) is 4.29. The molecular weight excluding hydrogens is 232 g/mol. The number of thioether (sulfide) groups is 1. The number of carbonyl (C=O) groups excluding carboxylic acids is 2. The zero-order valence-corrected chi connectivity index (χ0v) is 11.1. The summed E-state index contributed by atoms with van der Waals surface area (Å²) in [7, 11) is 0. The van der Waals surface area contributed by atoms with Gasteiger partial charge in [0.1, 0.15) is 0 Å². The third-order valence-electron chi connectivity index (χ3n) is 2.15. The summed E-state index contributed by atoms with van der Waals surface area (Å²) in [6.07, 6.45) is 1.28. The maximum absolute atomic E-state index is 11.8. The zero-order valence-electron chi connectivity index (χ0n) is 10.3. The number of allylic oxidation sites excluding steroid dienone is 1. The van der Waals surface area contributed by atoms with E-state index in [0.717, 1.165) is 4.90 Å². The Bertz CT molecular complexity index is 438. The summed E-state index contributed by atoms with van der Waals surface area (Å²) in [5, 5.41) is 0.111. The summed E-state index contributed by atoms with van der Waals surface area (Å²) < 4.78 is 0. The molecule has 1 aromatic carbocycles. The fourth-order valence-electron chi connectivity index (χ4n) is 1.07. The fraction of sp³-hybridized carbons (Fsp3) is 0.286. The van der Waals surface area contributed by atoms with Gasteiger partial charge < -0.3 is 0 Å². The quantitative estimate of drug-likeness (QED) is 0.464. The van der Waals surface area contributed by atoms with Crippen molar-refractivity contribution in [2.45, 2.75) is 25.7 Å². The second kappa shape index (κ2) is 5.32. The first-order valence-corrected chi connectivity index (χ1v) is 6.15. The highest BCUT2D eigenvalue weighted by Gasteiger charge is 2.22. The molecule has 0 aliphatic rings. The van der Waals surface area contributed by atoms with E-state index < -0.39 is 0 Å². The molecule has 0 radical (unpaired) electrons. The lowest BCUT2D eigenvalue weighted by Gasteiger charge is -2.15. The van der Waals surface area contributed by atoms with Crippen LogP contribution >= 0.6 is 11.8 Å². The summed E-state index contributed by atoms with van der Waals surface area (Å²) in [5.41, 5.74) is 0.229. The number of carbonyl (C=O) groups is 2. The van der Waals surface area contributed by atoms with Gasteiger partial charge in [-0.2, -0.15) is 0 Å². The van der Waals surface area contributed by atoms with Gasteiger partial charge in [0.2, 0.25) is 0 Å². The molecule has 0 atom stereocenters. The van der Waals surface area contributed by atoms with Crippen LogP contribution < -0.4 is 0 Å². The lowest BCUT2D eigenvalue weighted by atomic mass is 10.00. The molecule has 0 unspecified atom stereocenters. The summed E-state index contributed by atoms with van der Waals surface area (Å²) in [6.45, 7) is 9.09. The van der Waals surface area contributed by atoms with Gasteiger partial charge in [0.25, 0.3) is 0 Å². The third-order valence-corrected chi connectivity index (χ3v) is 3.45. The summed E-state index contributed by atoms with van der Waals surface area (Å²) in [4.78, 5) is 24.0. The van der Waals surface area contributed by atoms with Crippen molar-refractivity contribution in [3.8, 4) is 0 Å². The minimum Gasteiger partial charge on any atom is -0.289 e. The van der Waals surface area contributed by atoms with Gasteiger partial charge in [-0.25, -0.2) is 0 Å². The highest BCUT2D eigenvalue weighted by Crippen LogP contribution is 2.29. The Morgan fingerprint density at radius 1 is 1.18 bits per heavy atom. The lowest BCUT2D eigenvalue weighted by molar-refractivity contribution is -0.117. The maximum atomic E-state index is 11.8. The van der Waals surface area contributed by atoms with Crippen LogP contribution in [0.5, 0.6) is 0 Å². The number of ketones is 1. The van der Waals surface area contributed by atoms with Gasteiger partial charge in [-0.1, -0.05) is 39.1 Å². The van der Waals surface area contributed by atoms with Crippen LogP contribution in [0.25, 0.3) is 0 Å². The van der Waals surface area contributed by atoms with E-state index in [1.54, 1.807) is 24.3 Å². The van der Waals surface area contributed by atoms with Crippen molar-refractivity contribution in [1.29, 1.82) is 0 Å². The Hall–Kier alpha value is -1.35. The van der Waals surface area contributed by atoms with Crippen LogP contribution in [-0.4, -0.2) is 10.9 Å². The van der Waals surface area contributed by atoms with E-state index in [1.807, 2.05) is 20.8 Å². The SMILES string of the molecule is C=CC(=O)c1ccc(SC(=O)C(C)(C)C)cc1. The normalized spacial score (nSPS) is 11.0. The molecule has 0 fully saturated rings. The Morgan fingerprint density at radius 3 is 2.12 bits per heavy atom. The molecule has 0 N–H and O–H groups in total. The largest absolute Gasteiger partial charge is 0.289 e. The van der Waals surface area contributed by atoms with Crippen LogP contribution in [0.1, 0.15) is 31.1 Å². The van der Waals surface area contributed by atoms with Crippen LogP contribution in [0, 0.1) is 5.41 Å². The first kappa shape index (κ1) is 13.7. The van der Waals surface area contributed by atoms with Crippen LogP contribution in [0.2, 0.25) is 0 Å². The van der Waals surface area contributed by atoms with Crippen molar-refractivity contribution in [2.24, 2.45) is 5.41 Å². The maximum Gasteiger partial charge on any atom is 0.198 e. The van der Waals surface area contributed by atoms with E-state index in [0.29, 0.717) is 5.56 Å². The van der Waals surface area contributed by atoms with Gasteiger partial charge in [0.15, 0.2) is 10.9 Å². The molecule has 0 amide bonds. The van der Waals surface area contributed by atoms with Gasteiger partial charge in [0.05, 0.1) is 0 Å². The molecule has 3 heteroatoms. The summed E-state index contributed by atoms with van der Waals surface area (Å²) in [6, 6.07) is 6.99. The van der Waals surface area contributed by atoms with E-state index >= 15 is 0 Å². The van der Waals surface area contributed by atoms with Crippen molar-refractivity contribution in [3.05, 3.63) is 42.5 Å². The van der Waals surface area contributed by atoms with Gasteiger partial charge >= 0.3 is 0 Å². The highest BCUT2D eigenvalue weighted by molar-refractivity contribution is 8.13. The van der Waals surface area contributed by atoms with Crippen LogP contribution in [0.4, 0.5) is 0 Å². The monoisotopic (exact) mass is 248 g/mol. The van der Waals surface area contributed by atoms with Gasteiger partial charge in [0, 0.05) is 15.9 Å². The first-order valence-electron chi connectivity index (χ1n) is 5.33. The van der Waals surface area contributed by atoms with Crippen molar-refractivity contribution in [1.82, 2.24) is 0 Å². The Morgan fingerprint density at radius 2 is 1.71 bits per heavy atom. The number of rotatable bonds is 3. The van der Waals surface area contributed by atoms with Gasteiger partial charge in [-0.15, -0.1) is 0 Å². The minimum absolute atomic E-state index is 0.108. The predicted octanol–water partition coefficient (Wildman–Crippen LogP) is 3.72. The Labute approximate surface area is 106 Å². The number of hydrogen-bond donors (Lipinski definition) is 0. The number of benzene rings is 1. The second-order valence-corrected chi connectivity index (χ2v) is 5.78. The van der Waals surface area contributed by atoms with E-state index in [4.69, 9.17) is 0 Å². The molecule has 0 aliphatic heterocycles. The van der Waals surface area contributed by atoms with Crippen molar-refractivity contribution in [3.63, 3.8) is 0 Å². The molecule has 1 aromatic rings. The van der Waals surface area contributed by atoms with Gasteiger partial charge in [-0.3, -0.25) is 9.59 Å². The van der Waals surface area contributed by atoms with E-state index in [9.17, 15) is 9.59 Å². The van der Waals surface area contributed by atoms with E-state index in [1.165, 1.54) is 17.8 Å². The standard InChI is InChI=1S/C14H16O2S/c1-5-12(15)10-6-8-11(9-7-10)17-13(16)14(2,3)4/h5-9H,1H2,2-4H3. The lowest BCUT2D eigenvalue weighted by Crippen LogP contribution is -2.16. The van der Waals surface area contributed by atoms with Crippen molar-refractivity contribution in [2.75, 3.05) is 0 Å². The molecule has 0 bridgehead atoms. The average Bonchev–Trinajstić information content (AvgIpc) is 2.27. The van der Waals surface area contributed by atoms with Gasteiger partial charge in [-0.05, 0) is 30.3 Å². The fourth-order valence-corrected chi connectivity index (χ4v) is 1.86. The molecule has 0 saturated carbocycles. The molecule has 0 aromatic heterocycles. The average molecular weight is 248 g/mol. The minimum atomic E-state index is -0.361. The summed E-state index contributed by atoms with van der Waals surface area (Å²) >= 11 is 1.20. The first-order chi connectivity index (χ1) is 7.84. The number of hydrogen-bond acceptors (Lipinski definition) is 3.